The lowest BCUT2D eigenvalue weighted by Crippen LogP contribution is -2.46. The molecule has 0 aliphatic carbocycles. The predicted octanol–water partition coefficient (Wildman–Crippen LogP) is 16.7. The van der Waals surface area contributed by atoms with E-state index in [0.29, 0.717) is 23.9 Å². The van der Waals surface area contributed by atoms with Crippen molar-refractivity contribution >= 4 is 13.7 Å². The number of carbonyl (C=O) groups is 1. The van der Waals surface area contributed by atoms with Gasteiger partial charge in [0.25, 0.3) is 7.82 Å². The first kappa shape index (κ1) is 65.7. The number of hydrogen-bond acceptors (Lipinski definition) is 6. The van der Waals surface area contributed by atoms with E-state index in [1.54, 1.807) is 0 Å². The highest BCUT2D eigenvalue weighted by atomic mass is 31.2. The molecule has 0 spiro atoms. The second kappa shape index (κ2) is 49.7. The Morgan fingerprint density at radius 3 is 1.25 bits per heavy atom. The average molecular weight is 966 g/mol. The molecule has 8 nitrogen and oxygen atoms in total. The minimum atomic E-state index is -4.58. The predicted molar refractivity (Wildman–Crippen MR) is 288 cm³/mol. The highest BCUT2D eigenvalue weighted by Gasteiger charge is 2.24. The molecule has 0 radical (unpaired) electrons. The summed E-state index contributed by atoms with van der Waals surface area (Å²) in [6.45, 7) is 4.74. The Bertz CT molecular complexity index is 1190. The molecule has 0 aromatic carbocycles. The molecule has 0 rings (SSSR count). The number of aliphatic hydroxyl groups excluding tert-OH is 1. The van der Waals surface area contributed by atoms with Crippen LogP contribution in [0.5, 0.6) is 0 Å². The van der Waals surface area contributed by atoms with E-state index in [1.807, 2.05) is 21.1 Å². The number of allylic oxidation sites excluding steroid dienone is 6. The molecule has 0 saturated heterocycles. The summed E-state index contributed by atoms with van der Waals surface area (Å²) in [6, 6.07) is -0.806. The number of rotatable bonds is 53. The molecule has 0 aromatic rings. The van der Waals surface area contributed by atoms with Crippen molar-refractivity contribution in [3.05, 3.63) is 36.5 Å². The highest BCUT2D eigenvalue weighted by Crippen LogP contribution is 2.38. The number of amides is 1. The summed E-state index contributed by atoms with van der Waals surface area (Å²) in [5.41, 5.74) is 0. The number of aliphatic hydroxyl groups is 1. The van der Waals surface area contributed by atoms with Crippen molar-refractivity contribution < 1.29 is 32.9 Å². The molecule has 9 heteroatoms. The van der Waals surface area contributed by atoms with Crippen LogP contribution < -0.4 is 10.2 Å². The highest BCUT2D eigenvalue weighted by molar-refractivity contribution is 7.45. The molecule has 67 heavy (non-hydrogen) atoms. The van der Waals surface area contributed by atoms with Gasteiger partial charge in [-0.3, -0.25) is 9.36 Å². The standard InChI is InChI=1S/C58H113N2O6P/c1-6-8-10-12-14-16-18-20-22-24-26-28-30-32-34-36-38-40-42-44-46-48-50-52-58(62)59-56(55-66-67(63,64)65-54-53-60(3,4)5)57(61)51-49-47-45-43-41-39-37-35-33-31-29-27-25-23-21-19-17-15-13-11-9-7-2/h18,20,24,26,30,32,56-57,61H,6-17,19,21-23,25,27-29,31,33-55H2,1-5H3,(H-,59,62,63,64)/b20-18-,26-24-,32-30-. The number of phosphoric acid groups is 1. The lowest BCUT2D eigenvalue weighted by molar-refractivity contribution is -0.870. The van der Waals surface area contributed by atoms with E-state index in [-0.39, 0.29) is 19.1 Å². The minimum absolute atomic E-state index is 0.0106. The number of likely N-dealkylation sites (N-methyl/N-ethyl adjacent to an activating group) is 1. The fourth-order valence-corrected chi connectivity index (χ4v) is 9.30. The molecule has 0 aliphatic heterocycles. The lowest BCUT2D eigenvalue weighted by atomic mass is 10.0. The number of carbonyl (C=O) groups excluding carboxylic acids is 1. The molecule has 396 valence electrons. The fourth-order valence-electron chi connectivity index (χ4n) is 8.58. The summed E-state index contributed by atoms with van der Waals surface area (Å²) in [5.74, 6) is -0.169. The molecule has 0 bridgehead atoms. The van der Waals surface area contributed by atoms with Crippen LogP contribution in [-0.4, -0.2) is 68.5 Å². The molecule has 1 amide bonds. The Hall–Kier alpha value is -1.28. The molecule has 0 saturated carbocycles. The average Bonchev–Trinajstić information content (AvgIpc) is 3.29. The van der Waals surface area contributed by atoms with Gasteiger partial charge in [-0.1, -0.05) is 256 Å². The second-order valence-electron chi connectivity index (χ2n) is 21.0. The summed E-state index contributed by atoms with van der Waals surface area (Å²) >= 11 is 0. The van der Waals surface area contributed by atoms with Gasteiger partial charge in [0.2, 0.25) is 5.91 Å². The van der Waals surface area contributed by atoms with E-state index < -0.39 is 20.0 Å². The zero-order valence-corrected chi connectivity index (χ0v) is 46.0. The van der Waals surface area contributed by atoms with E-state index in [9.17, 15) is 19.4 Å². The molecule has 0 aromatic heterocycles. The molecule has 0 heterocycles. The Morgan fingerprint density at radius 1 is 0.522 bits per heavy atom. The third-order valence-corrected chi connectivity index (χ3v) is 14.1. The Labute approximate surface area is 417 Å². The maximum Gasteiger partial charge on any atom is 0.268 e. The maximum atomic E-state index is 13.0. The number of nitrogens with one attached hydrogen (secondary N) is 1. The number of hydrogen-bond donors (Lipinski definition) is 2. The van der Waals surface area contributed by atoms with Gasteiger partial charge in [-0.05, 0) is 51.4 Å². The molecule has 2 N–H and O–H groups in total. The lowest BCUT2D eigenvalue weighted by Gasteiger charge is -2.30. The smallest absolute Gasteiger partial charge is 0.268 e. The van der Waals surface area contributed by atoms with Crippen LogP contribution in [-0.2, 0) is 18.4 Å². The van der Waals surface area contributed by atoms with Crippen molar-refractivity contribution in [1.29, 1.82) is 0 Å². The number of unbranched alkanes of at least 4 members (excludes halogenated alkanes) is 34. The Morgan fingerprint density at radius 2 is 0.866 bits per heavy atom. The van der Waals surface area contributed by atoms with Gasteiger partial charge in [0, 0.05) is 6.42 Å². The van der Waals surface area contributed by atoms with Gasteiger partial charge in [0.05, 0.1) is 39.9 Å². The molecular weight excluding hydrogens is 852 g/mol. The number of nitrogens with zero attached hydrogens (tertiary/aromatic N) is 1. The van der Waals surface area contributed by atoms with E-state index in [2.05, 4.69) is 55.6 Å². The third kappa shape index (κ3) is 52.4. The molecule has 0 fully saturated rings. The summed E-state index contributed by atoms with van der Waals surface area (Å²) in [7, 11) is 1.30. The van der Waals surface area contributed by atoms with Crippen LogP contribution in [0.3, 0.4) is 0 Å². The monoisotopic (exact) mass is 965 g/mol. The van der Waals surface area contributed by atoms with Crippen LogP contribution in [0.1, 0.15) is 277 Å². The van der Waals surface area contributed by atoms with Gasteiger partial charge >= 0.3 is 0 Å². The van der Waals surface area contributed by atoms with Crippen LogP contribution in [0.4, 0.5) is 0 Å². The van der Waals surface area contributed by atoms with E-state index in [0.717, 1.165) is 57.8 Å². The first-order valence-electron chi connectivity index (χ1n) is 28.8. The van der Waals surface area contributed by atoms with Crippen LogP contribution in [0.2, 0.25) is 0 Å². The number of quaternary nitrogens is 1. The normalized spacial score (nSPS) is 14.2. The zero-order chi connectivity index (χ0) is 49.2. The van der Waals surface area contributed by atoms with Crippen LogP contribution in [0, 0.1) is 0 Å². The summed E-state index contributed by atoms with van der Waals surface area (Å²) in [6.07, 6.45) is 63.1. The van der Waals surface area contributed by atoms with Crippen molar-refractivity contribution in [3.63, 3.8) is 0 Å². The Balaban J connectivity index is 4.20. The molecular formula is C58H113N2O6P. The maximum absolute atomic E-state index is 13.0. The van der Waals surface area contributed by atoms with Gasteiger partial charge in [0.15, 0.2) is 0 Å². The van der Waals surface area contributed by atoms with Crippen molar-refractivity contribution in [2.75, 3.05) is 40.9 Å². The molecule has 0 aliphatic rings. The van der Waals surface area contributed by atoms with Gasteiger partial charge < -0.3 is 28.8 Å². The van der Waals surface area contributed by atoms with Crippen molar-refractivity contribution in [1.82, 2.24) is 5.32 Å². The largest absolute Gasteiger partial charge is 0.756 e. The van der Waals surface area contributed by atoms with Crippen LogP contribution >= 0.6 is 7.82 Å². The topological polar surface area (TPSA) is 108 Å². The fraction of sp³-hybridized carbons (Fsp3) is 0.879. The van der Waals surface area contributed by atoms with Crippen molar-refractivity contribution in [3.8, 4) is 0 Å². The Kier molecular flexibility index (Phi) is 48.7. The summed E-state index contributed by atoms with van der Waals surface area (Å²) < 4.78 is 23.4. The summed E-state index contributed by atoms with van der Waals surface area (Å²) in [4.78, 5) is 25.5. The SMILES string of the molecule is CCCCCCC/C=C\C/C=C\C/C=C\CCCCCCCCCCC(=O)NC(COP(=O)([O-])OCC[N+](C)(C)C)C(O)CCCCCCCCCCCCCCCCCCCCCCCC. The summed E-state index contributed by atoms with van der Waals surface area (Å²) in [5, 5.41) is 14.0. The molecule has 3 atom stereocenters. The van der Waals surface area contributed by atoms with Gasteiger partial charge in [0.1, 0.15) is 13.2 Å². The third-order valence-electron chi connectivity index (χ3n) is 13.1. The van der Waals surface area contributed by atoms with E-state index in [1.165, 1.54) is 193 Å². The van der Waals surface area contributed by atoms with Crippen LogP contribution in [0.25, 0.3) is 0 Å². The first-order chi connectivity index (χ1) is 32.5. The van der Waals surface area contributed by atoms with Crippen molar-refractivity contribution in [2.24, 2.45) is 0 Å². The van der Waals surface area contributed by atoms with Crippen LogP contribution in [0.15, 0.2) is 36.5 Å². The first-order valence-corrected chi connectivity index (χ1v) is 30.3. The van der Waals surface area contributed by atoms with E-state index >= 15 is 0 Å². The molecule has 3 unspecified atom stereocenters. The van der Waals surface area contributed by atoms with E-state index in [4.69, 9.17) is 9.05 Å². The van der Waals surface area contributed by atoms with Gasteiger partial charge in [-0.25, -0.2) is 0 Å². The minimum Gasteiger partial charge on any atom is -0.756 e. The number of phosphoric ester groups is 1. The van der Waals surface area contributed by atoms with Crippen molar-refractivity contribution in [2.45, 2.75) is 289 Å². The quantitative estimate of drug-likeness (QED) is 0.0272. The zero-order valence-electron chi connectivity index (χ0n) is 45.1. The van der Waals surface area contributed by atoms with Gasteiger partial charge in [-0.15, -0.1) is 0 Å². The second-order valence-corrected chi connectivity index (χ2v) is 22.4. The van der Waals surface area contributed by atoms with Gasteiger partial charge in [-0.2, -0.15) is 0 Å².